The number of benzene rings is 1. The van der Waals surface area contributed by atoms with Crippen molar-refractivity contribution in [1.29, 1.82) is 0 Å². The summed E-state index contributed by atoms with van der Waals surface area (Å²) in [4.78, 5) is 0. The van der Waals surface area contributed by atoms with Gasteiger partial charge in [0, 0.05) is 0 Å². The van der Waals surface area contributed by atoms with Crippen LogP contribution in [0.5, 0.6) is 5.75 Å². The van der Waals surface area contributed by atoms with Gasteiger partial charge in [0.05, 0.1) is 13.7 Å². The molecule has 0 spiro atoms. The number of ether oxygens (including phenoxy) is 1. The van der Waals surface area contributed by atoms with Crippen LogP contribution in [0.3, 0.4) is 0 Å². The summed E-state index contributed by atoms with van der Waals surface area (Å²) < 4.78 is 41.0. The molecule has 0 bridgehead atoms. The Labute approximate surface area is 105 Å². The number of hydrogen-bond acceptors (Lipinski definition) is 2. The number of alkyl halides is 3. The maximum Gasteiger partial charge on any atom is 0.401 e. The van der Waals surface area contributed by atoms with Crippen molar-refractivity contribution < 1.29 is 17.9 Å². The molecule has 5 heteroatoms. The zero-order valence-corrected chi connectivity index (χ0v) is 10.8. The van der Waals surface area contributed by atoms with Gasteiger partial charge in [0.25, 0.3) is 0 Å². The van der Waals surface area contributed by atoms with Gasteiger partial charge in [0.15, 0.2) is 0 Å². The van der Waals surface area contributed by atoms with Gasteiger partial charge < -0.3 is 10.1 Å². The maximum atomic E-state index is 11.9. The van der Waals surface area contributed by atoms with Gasteiger partial charge in [0.1, 0.15) is 5.75 Å². The fraction of sp³-hybridized carbons (Fsp3) is 0.538. The lowest BCUT2D eigenvalue weighted by Crippen LogP contribution is -2.30. The molecule has 18 heavy (non-hydrogen) atoms. The fourth-order valence-electron chi connectivity index (χ4n) is 1.80. The molecule has 2 nitrogen and oxygen atoms in total. The van der Waals surface area contributed by atoms with Gasteiger partial charge in [-0.3, -0.25) is 0 Å². The Hall–Kier alpha value is -1.23. The summed E-state index contributed by atoms with van der Waals surface area (Å²) in [6.07, 6.45) is -3.57. The Bertz CT molecular complexity index is 402. The van der Waals surface area contributed by atoms with E-state index in [-0.39, 0.29) is 0 Å². The first-order valence-electron chi connectivity index (χ1n) is 5.75. The lowest BCUT2D eigenvalue weighted by molar-refractivity contribution is -0.124. The number of hydrogen-bond donors (Lipinski definition) is 1. The van der Waals surface area contributed by atoms with Crippen LogP contribution in [-0.4, -0.2) is 26.4 Å². The van der Waals surface area contributed by atoms with E-state index in [1.165, 1.54) is 0 Å². The minimum Gasteiger partial charge on any atom is -0.496 e. The van der Waals surface area contributed by atoms with Gasteiger partial charge in [-0.25, -0.2) is 0 Å². The lowest BCUT2D eigenvalue weighted by atomic mass is 10.00. The van der Waals surface area contributed by atoms with Crippen LogP contribution in [0.15, 0.2) is 12.1 Å². The van der Waals surface area contributed by atoms with E-state index < -0.39 is 12.7 Å². The van der Waals surface area contributed by atoms with Crippen molar-refractivity contribution in [2.45, 2.75) is 26.4 Å². The standard InChI is InChI=1S/C13H18F3NO/c1-9-10(2)12(18-3)5-4-11(9)6-7-17-8-13(14,15)16/h4-5,17H,6-8H2,1-3H3. The van der Waals surface area contributed by atoms with Gasteiger partial charge >= 0.3 is 6.18 Å². The van der Waals surface area contributed by atoms with E-state index in [9.17, 15) is 13.2 Å². The highest BCUT2D eigenvalue weighted by Crippen LogP contribution is 2.24. The van der Waals surface area contributed by atoms with Gasteiger partial charge in [-0.2, -0.15) is 13.2 Å². The average molecular weight is 261 g/mol. The Morgan fingerprint density at radius 1 is 1.17 bits per heavy atom. The Morgan fingerprint density at radius 3 is 2.39 bits per heavy atom. The van der Waals surface area contributed by atoms with Crippen molar-refractivity contribution in [2.75, 3.05) is 20.2 Å². The van der Waals surface area contributed by atoms with Crippen molar-refractivity contribution in [1.82, 2.24) is 5.32 Å². The van der Waals surface area contributed by atoms with Gasteiger partial charge in [-0.1, -0.05) is 6.07 Å². The number of rotatable bonds is 5. The molecule has 0 saturated heterocycles. The number of methoxy groups -OCH3 is 1. The molecule has 0 radical (unpaired) electrons. The van der Waals surface area contributed by atoms with Gasteiger partial charge in [-0.15, -0.1) is 0 Å². The van der Waals surface area contributed by atoms with Crippen LogP contribution in [0.1, 0.15) is 16.7 Å². The molecule has 0 heterocycles. The molecule has 0 aliphatic heterocycles. The first kappa shape index (κ1) is 14.8. The van der Waals surface area contributed by atoms with Crippen molar-refractivity contribution in [3.8, 4) is 5.75 Å². The third-order valence-corrected chi connectivity index (χ3v) is 2.97. The van der Waals surface area contributed by atoms with Crippen molar-refractivity contribution in [3.05, 3.63) is 28.8 Å². The largest absolute Gasteiger partial charge is 0.496 e. The van der Waals surface area contributed by atoms with Crippen LogP contribution in [-0.2, 0) is 6.42 Å². The van der Waals surface area contributed by atoms with Crippen LogP contribution >= 0.6 is 0 Å². The first-order chi connectivity index (χ1) is 8.35. The van der Waals surface area contributed by atoms with Gasteiger partial charge in [0.2, 0.25) is 0 Å². The third-order valence-electron chi connectivity index (χ3n) is 2.97. The fourth-order valence-corrected chi connectivity index (χ4v) is 1.80. The highest BCUT2D eigenvalue weighted by atomic mass is 19.4. The Kier molecular flexibility index (Phi) is 5.02. The number of halogens is 3. The minimum absolute atomic E-state index is 0.312. The summed E-state index contributed by atoms with van der Waals surface area (Å²) >= 11 is 0. The highest BCUT2D eigenvalue weighted by molar-refractivity contribution is 5.43. The Balaban J connectivity index is 2.56. The third kappa shape index (κ3) is 4.22. The molecule has 1 rings (SSSR count). The summed E-state index contributed by atoms with van der Waals surface area (Å²) in [5.74, 6) is 0.805. The van der Waals surface area contributed by atoms with Crippen LogP contribution < -0.4 is 10.1 Å². The molecule has 0 aliphatic rings. The molecule has 102 valence electrons. The molecular weight excluding hydrogens is 243 g/mol. The smallest absolute Gasteiger partial charge is 0.401 e. The molecule has 0 fully saturated rings. The lowest BCUT2D eigenvalue weighted by Gasteiger charge is -2.13. The van der Waals surface area contributed by atoms with Crippen molar-refractivity contribution in [3.63, 3.8) is 0 Å². The number of nitrogens with one attached hydrogen (secondary N) is 1. The minimum atomic E-state index is -4.15. The quantitative estimate of drug-likeness (QED) is 0.823. The zero-order valence-electron chi connectivity index (χ0n) is 10.8. The van der Waals surface area contributed by atoms with Crippen LogP contribution in [0.25, 0.3) is 0 Å². The second-order valence-electron chi connectivity index (χ2n) is 4.22. The van der Waals surface area contributed by atoms with Crippen molar-refractivity contribution in [2.24, 2.45) is 0 Å². The van der Waals surface area contributed by atoms with E-state index in [1.54, 1.807) is 7.11 Å². The van der Waals surface area contributed by atoms with Crippen LogP contribution in [0, 0.1) is 13.8 Å². The van der Waals surface area contributed by atoms with E-state index in [4.69, 9.17) is 4.74 Å². The molecule has 0 amide bonds. The summed E-state index contributed by atoms with van der Waals surface area (Å²) in [5.41, 5.74) is 3.15. The second-order valence-corrected chi connectivity index (χ2v) is 4.22. The molecule has 1 aromatic carbocycles. The first-order valence-corrected chi connectivity index (χ1v) is 5.75. The molecule has 0 unspecified atom stereocenters. The predicted molar refractivity (Wildman–Crippen MR) is 65.1 cm³/mol. The molecule has 0 saturated carbocycles. The van der Waals surface area contributed by atoms with E-state index in [1.807, 2.05) is 26.0 Å². The summed E-state index contributed by atoms with van der Waals surface area (Å²) in [7, 11) is 1.60. The van der Waals surface area contributed by atoms with Crippen LogP contribution in [0.2, 0.25) is 0 Å². The SMILES string of the molecule is COc1ccc(CCNCC(F)(F)F)c(C)c1C. The summed E-state index contributed by atoms with van der Waals surface area (Å²) in [5, 5.41) is 2.39. The predicted octanol–water partition coefficient (Wildman–Crippen LogP) is 3.01. The van der Waals surface area contributed by atoms with E-state index >= 15 is 0 Å². The molecule has 1 aromatic rings. The molecule has 0 aromatic heterocycles. The Morgan fingerprint density at radius 2 is 1.83 bits per heavy atom. The van der Waals surface area contributed by atoms with Gasteiger partial charge in [-0.05, 0) is 49.6 Å². The average Bonchev–Trinajstić information content (AvgIpc) is 2.28. The van der Waals surface area contributed by atoms with Crippen LogP contribution in [0.4, 0.5) is 13.2 Å². The zero-order chi connectivity index (χ0) is 13.8. The molecule has 0 atom stereocenters. The summed E-state index contributed by atoms with van der Waals surface area (Å²) in [6, 6.07) is 3.75. The molecular formula is C13H18F3NO. The topological polar surface area (TPSA) is 21.3 Å². The van der Waals surface area contributed by atoms with E-state index in [2.05, 4.69) is 5.32 Å². The monoisotopic (exact) mass is 261 g/mol. The molecule has 0 aliphatic carbocycles. The summed E-state index contributed by atoms with van der Waals surface area (Å²) in [6.45, 7) is 3.27. The highest BCUT2D eigenvalue weighted by Gasteiger charge is 2.25. The normalized spacial score (nSPS) is 11.7. The van der Waals surface area contributed by atoms with E-state index in [0.29, 0.717) is 13.0 Å². The maximum absolute atomic E-state index is 11.9. The van der Waals surface area contributed by atoms with Crippen molar-refractivity contribution >= 4 is 0 Å². The van der Waals surface area contributed by atoms with E-state index in [0.717, 1.165) is 22.4 Å². The second kappa shape index (κ2) is 6.09. The molecule has 1 N–H and O–H groups in total.